The number of carbonyl (C=O) groups is 1. The number of hydrogen-bond acceptors (Lipinski definition) is 4. The number of benzene rings is 1. The summed E-state index contributed by atoms with van der Waals surface area (Å²) in [7, 11) is 0. The molecular weight excluding hydrogens is 272 g/mol. The molecule has 2 rings (SSSR count). The first-order valence-corrected chi connectivity index (χ1v) is 5.28. The van der Waals surface area contributed by atoms with Crippen LogP contribution in [0.2, 0.25) is 0 Å². The number of halogens is 1. The molecule has 0 aliphatic rings. The van der Waals surface area contributed by atoms with Gasteiger partial charge in [-0.1, -0.05) is 12.1 Å². The van der Waals surface area contributed by atoms with Gasteiger partial charge < -0.3 is 4.74 Å². The van der Waals surface area contributed by atoms with Crippen LogP contribution in [0.25, 0.3) is 0 Å². The van der Waals surface area contributed by atoms with Crippen molar-refractivity contribution in [3.05, 3.63) is 46.7 Å². The lowest BCUT2D eigenvalue weighted by atomic mass is 10.2. The fourth-order valence-electron chi connectivity index (χ4n) is 1.11. The maximum Gasteiger partial charge on any atom is 0.321 e. The third-order valence-corrected chi connectivity index (χ3v) is 2.21. The third-order valence-electron chi connectivity index (χ3n) is 1.80. The molecule has 1 aromatic heterocycles. The minimum atomic E-state index is 0.242. The Labute approximate surface area is 100 Å². The van der Waals surface area contributed by atoms with E-state index in [0.29, 0.717) is 11.3 Å². The van der Waals surface area contributed by atoms with Gasteiger partial charge in [0, 0.05) is 18.0 Å². The van der Waals surface area contributed by atoms with E-state index in [9.17, 15) is 4.79 Å². The van der Waals surface area contributed by atoms with Gasteiger partial charge in [-0.2, -0.15) is 0 Å². The molecule has 4 nitrogen and oxygen atoms in total. The zero-order chi connectivity index (χ0) is 11.4. The number of aromatic nitrogens is 2. The highest BCUT2D eigenvalue weighted by molar-refractivity contribution is 9.10. The van der Waals surface area contributed by atoms with E-state index in [0.717, 1.165) is 10.8 Å². The van der Waals surface area contributed by atoms with E-state index in [1.807, 2.05) is 0 Å². The van der Waals surface area contributed by atoms with Crippen molar-refractivity contribution in [1.29, 1.82) is 0 Å². The Balaban J connectivity index is 2.20. The molecule has 1 heterocycles. The Morgan fingerprint density at radius 2 is 2.00 bits per heavy atom. The monoisotopic (exact) mass is 278 g/mol. The summed E-state index contributed by atoms with van der Waals surface area (Å²) in [6.07, 6.45) is 3.94. The number of nitrogens with zero attached hydrogens (tertiary/aromatic N) is 2. The van der Waals surface area contributed by atoms with Crippen LogP contribution in [0.3, 0.4) is 0 Å². The summed E-state index contributed by atoms with van der Waals surface area (Å²) in [6.45, 7) is 0. The first-order chi connectivity index (χ1) is 7.78. The molecule has 0 spiro atoms. The van der Waals surface area contributed by atoms with Crippen molar-refractivity contribution >= 4 is 22.2 Å². The molecule has 0 bridgehead atoms. The van der Waals surface area contributed by atoms with Gasteiger partial charge in [0.15, 0.2) is 0 Å². The molecule has 0 atom stereocenters. The van der Waals surface area contributed by atoms with E-state index in [2.05, 4.69) is 25.9 Å². The molecule has 0 aliphatic heterocycles. The largest absolute Gasteiger partial charge is 0.424 e. The molecule has 5 heteroatoms. The van der Waals surface area contributed by atoms with E-state index in [1.165, 1.54) is 0 Å². The Bertz CT molecular complexity index is 500. The van der Waals surface area contributed by atoms with Crippen LogP contribution in [-0.2, 0) is 0 Å². The molecule has 0 radical (unpaired) electrons. The van der Waals surface area contributed by atoms with Crippen LogP contribution in [0.15, 0.2) is 41.1 Å². The summed E-state index contributed by atoms with van der Waals surface area (Å²) in [5, 5.41) is 0. The van der Waals surface area contributed by atoms with Gasteiger partial charge in [0.25, 0.3) is 0 Å². The lowest BCUT2D eigenvalue weighted by Gasteiger charge is -2.03. The van der Waals surface area contributed by atoms with Gasteiger partial charge in [0.1, 0.15) is 12.0 Å². The van der Waals surface area contributed by atoms with Crippen LogP contribution in [0.1, 0.15) is 10.4 Å². The van der Waals surface area contributed by atoms with Crippen molar-refractivity contribution in [2.45, 2.75) is 0 Å². The average Bonchev–Trinajstić information content (AvgIpc) is 2.32. The molecule has 80 valence electrons. The van der Waals surface area contributed by atoms with Crippen LogP contribution in [0.4, 0.5) is 0 Å². The van der Waals surface area contributed by atoms with Crippen LogP contribution in [0.5, 0.6) is 11.8 Å². The molecule has 0 unspecified atom stereocenters. The predicted octanol–water partition coefficient (Wildman–Crippen LogP) is 2.84. The Hall–Kier alpha value is -1.75. The maximum absolute atomic E-state index is 10.6. The molecule has 2 aromatic rings. The van der Waals surface area contributed by atoms with Crippen molar-refractivity contribution in [3.63, 3.8) is 0 Å². The molecule has 0 aliphatic carbocycles. The molecule has 0 saturated carbocycles. The zero-order valence-electron chi connectivity index (χ0n) is 8.13. The Morgan fingerprint density at radius 1 is 1.25 bits per heavy atom. The molecule has 0 amide bonds. The maximum atomic E-state index is 10.6. The summed E-state index contributed by atoms with van der Waals surface area (Å²) in [6, 6.07) is 7.03. The molecule has 1 aromatic carbocycles. The minimum absolute atomic E-state index is 0.242. The lowest BCUT2D eigenvalue weighted by Crippen LogP contribution is -1.91. The Morgan fingerprint density at radius 3 is 2.69 bits per heavy atom. The zero-order valence-corrected chi connectivity index (χ0v) is 9.72. The van der Waals surface area contributed by atoms with E-state index in [4.69, 9.17) is 4.74 Å². The summed E-state index contributed by atoms with van der Waals surface area (Å²) < 4.78 is 6.15. The number of carbonyl (C=O) groups excluding carboxylic acids is 1. The van der Waals surface area contributed by atoms with E-state index < -0.39 is 0 Å². The molecule has 16 heavy (non-hydrogen) atoms. The molecule has 0 fully saturated rings. The second-order valence-corrected chi connectivity index (χ2v) is 3.89. The van der Waals surface area contributed by atoms with E-state index in [1.54, 1.807) is 36.7 Å². The third kappa shape index (κ3) is 2.64. The van der Waals surface area contributed by atoms with E-state index >= 15 is 0 Å². The van der Waals surface area contributed by atoms with Crippen LogP contribution < -0.4 is 4.74 Å². The quantitative estimate of drug-likeness (QED) is 0.811. The molecular formula is C11H7BrN2O2. The lowest BCUT2D eigenvalue weighted by molar-refractivity contribution is 0.112. The highest BCUT2D eigenvalue weighted by atomic mass is 79.9. The second-order valence-electron chi connectivity index (χ2n) is 2.98. The summed E-state index contributed by atoms with van der Waals surface area (Å²) >= 11 is 3.23. The standard InChI is InChI=1S/C11H7BrN2O2/c12-9-5-13-11(14-6-9)16-10-3-1-2-8(4-10)7-15/h1-7H. The number of aldehydes is 1. The van der Waals surface area contributed by atoms with Gasteiger partial charge >= 0.3 is 6.01 Å². The van der Waals surface area contributed by atoms with Gasteiger partial charge in [0.2, 0.25) is 0 Å². The normalized spacial score (nSPS) is 9.81. The van der Waals surface area contributed by atoms with Gasteiger partial charge in [-0.05, 0) is 28.1 Å². The van der Waals surface area contributed by atoms with E-state index in [-0.39, 0.29) is 6.01 Å². The van der Waals surface area contributed by atoms with Crippen LogP contribution in [-0.4, -0.2) is 16.3 Å². The minimum Gasteiger partial charge on any atom is -0.424 e. The Kier molecular flexibility index (Phi) is 3.26. The molecule has 0 saturated heterocycles. The van der Waals surface area contributed by atoms with Crippen molar-refractivity contribution in [3.8, 4) is 11.8 Å². The number of ether oxygens (including phenoxy) is 1. The highest BCUT2D eigenvalue weighted by Gasteiger charge is 2.00. The summed E-state index contributed by atoms with van der Waals surface area (Å²) in [5.41, 5.74) is 0.551. The summed E-state index contributed by atoms with van der Waals surface area (Å²) in [4.78, 5) is 18.5. The van der Waals surface area contributed by atoms with Crippen molar-refractivity contribution < 1.29 is 9.53 Å². The number of hydrogen-bond donors (Lipinski definition) is 0. The van der Waals surface area contributed by atoms with Gasteiger partial charge in [-0.3, -0.25) is 4.79 Å². The van der Waals surface area contributed by atoms with Gasteiger partial charge in [-0.25, -0.2) is 9.97 Å². The van der Waals surface area contributed by atoms with Crippen LogP contribution >= 0.6 is 15.9 Å². The summed E-state index contributed by atoms with van der Waals surface area (Å²) in [5.74, 6) is 0.534. The fraction of sp³-hybridized carbons (Fsp3) is 0. The highest BCUT2D eigenvalue weighted by Crippen LogP contribution is 2.18. The fourth-order valence-corrected chi connectivity index (χ4v) is 1.31. The van der Waals surface area contributed by atoms with Gasteiger partial charge in [0.05, 0.1) is 4.47 Å². The van der Waals surface area contributed by atoms with Crippen molar-refractivity contribution in [2.24, 2.45) is 0 Å². The first-order valence-electron chi connectivity index (χ1n) is 4.48. The topological polar surface area (TPSA) is 52.1 Å². The smallest absolute Gasteiger partial charge is 0.321 e. The molecule has 0 N–H and O–H groups in total. The van der Waals surface area contributed by atoms with Crippen molar-refractivity contribution in [1.82, 2.24) is 9.97 Å². The second kappa shape index (κ2) is 4.85. The van der Waals surface area contributed by atoms with Crippen molar-refractivity contribution in [2.75, 3.05) is 0 Å². The average molecular weight is 279 g/mol. The first kappa shape index (κ1) is 10.8. The van der Waals surface area contributed by atoms with Crippen LogP contribution in [0, 0.1) is 0 Å². The number of rotatable bonds is 3. The predicted molar refractivity (Wildman–Crippen MR) is 61.6 cm³/mol. The SMILES string of the molecule is O=Cc1cccc(Oc2ncc(Br)cn2)c1. The van der Waals surface area contributed by atoms with Gasteiger partial charge in [-0.15, -0.1) is 0 Å².